The summed E-state index contributed by atoms with van der Waals surface area (Å²) in [4.78, 5) is 36.7. The average Bonchev–Trinajstić information content (AvgIpc) is 2.81. The molecular weight excluding hydrogens is 456 g/mol. The lowest BCUT2D eigenvalue weighted by atomic mass is 9.78. The van der Waals surface area contributed by atoms with Crippen LogP contribution in [-0.4, -0.2) is 47.3 Å². The van der Waals surface area contributed by atoms with Crippen LogP contribution in [0.1, 0.15) is 56.1 Å². The Bertz CT molecular complexity index is 1370. The highest BCUT2D eigenvalue weighted by atomic mass is 16.5. The van der Waals surface area contributed by atoms with E-state index >= 15 is 0 Å². The van der Waals surface area contributed by atoms with Crippen LogP contribution in [0.4, 0.5) is 5.95 Å². The van der Waals surface area contributed by atoms with Crippen LogP contribution < -0.4 is 15.1 Å². The van der Waals surface area contributed by atoms with Crippen molar-refractivity contribution < 1.29 is 14.3 Å². The van der Waals surface area contributed by atoms with Crippen molar-refractivity contribution in [2.24, 2.45) is 5.41 Å². The zero-order valence-corrected chi connectivity index (χ0v) is 21.5. The highest BCUT2D eigenvalue weighted by Crippen LogP contribution is 2.45. The van der Waals surface area contributed by atoms with E-state index < -0.39 is 5.97 Å². The number of hydrogen-bond acceptors (Lipinski definition) is 7. The molecule has 0 spiro atoms. The summed E-state index contributed by atoms with van der Waals surface area (Å²) in [6, 6.07) is 5.68. The first-order chi connectivity index (χ1) is 17.2. The number of aromatic nitrogens is 3. The zero-order valence-electron chi connectivity index (χ0n) is 21.5. The van der Waals surface area contributed by atoms with Crippen molar-refractivity contribution in [2.75, 3.05) is 31.7 Å². The number of rotatable bonds is 5. The largest absolute Gasteiger partial charge is 0.496 e. The number of pyridine rings is 1. The van der Waals surface area contributed by atoms with Gasteiger partial charge in [0.15, 0.2) is 5.43 Å². The number of esters is 1. The van der Waals surface area contributed by atoms with Crippen LogP contribution in [0.3, 0.4) is 0 Å². The quantitative estimate of drug-likeness (QED) is 0.488. The van der Waals surface area contributed by atoms with Crippen LogP contribution in [0, 0.1) is 5.41 Å². The fourth-order valence-electron chi connectivity index (χ4n) is 4.98. The van der Waals surface area contributed by atoms with Crippen molar-refractivity contribution in [1.29, 1.82) is 0 Å². The van der Waals surface area contributed by atoms with Crippen molar-refractivity contribution in [3.8, 4) is 28.1 Å². The molecule has 1 atom stereocenters. The first kappa shape index (κ1) is 24.0. The van der Waals surface area contributed by atoms with E-state index in [0.717, 1.165) is 53.4 Å². The molecule has 3 aromatic rings. The molecule has 8 nitrogen and oxygen atoms in total. The minimum Gasteiger partial charge on any atom is -0.496 e. The number of nitrogens with zero attached hydrogens (tertiary/aromatic N) is 4. The van der Waals surface area contributed by atoms with Gasteiger partial charge >= 0.3 is 5.97 Å². The normalized spacial score (nSPS) is 16.6. The van der Waals surface area contributed by atoms with E-state index in [2.05, 4.69) is 46.3 Å². The number of hydrogen-bond donors (Lipinski definition) is 0. The highest BCUT2D eigenvalue weighted by molar-refractivity contribution is 5.89. The summed E-state index contributed by atoms with van der Waals surface area (Å²) in [5.41, 5.74) is 4.17. The smallest absolute Gasteiger partial charge is 0.343 e. The topological polar surface area (TPSA) is 86.5 Å². The van der Waals surface area contributed by atoms with Gasteiger partial charge in [-0.05, 0) is 42.9 Å². The molecule has 36 heavy (non-hydrogen) atoms. The summed E-state index contributed by atoms with van der Waals surface area (Å²) >= 11 is 0. The SMILES string of the molecule is CCOC(=O)c1cn2c(cc1=O)-c1cc(OC)c(-c3cnc(N4CCC4)nc3)cc1CC2C(C)(C)C. The fraction of sp³-hybridized carbons (Fsp3) is 0.429. The molecule has 2 aliphatic rings. The monoisotopic (exact) mass is 488 g/mol. The van der Waals surface area contributed by atoms with Gasteiger partial charge in [0.1, 0.15) is 11.3 Å². The molecule has 0 N–H and O–H groups in total. The molecule has 1 saturated heterocycles. The van der Waals surface area contributed by atoms with E-state index in [1.807, 2.05) is 18.5 Å². The molecule has 0 saturated carbocycles. The molecule has 0 aliphatic carbocycles. The van der Waals surface area contributed by atoms with Crippen LogP contribution >= 0.6 is 0 Å². The second kappa shape index (κ2) is 9.08. The third-order valence-electron chi connectivity index (χ3n) is 7.11. The zero-order chi connectivity index (χ0) is 25.6. The van der Waals surface area contributed by atoms with Gasteiger partial charge in [-0.15, -0.1) is 0 Å². The number of benzene rings is 1. The number of carbonyl (C=O) groups is 1. The molecule has 188 valence electrons. The Morgan fingerprint density at radius 2 is 1.83 bits per heavy atom. The standard InChI is InChI=1S/C28H32N4O4/c1-6-36-26(34)21-16-32-22(13-23(21)33)19-12-24(35-5)20(10-17(19)11-25(32)28(2,3)4)18-14-29-27(30-15-18)31-8-7-9-31/h10,12-16,25H,6-9,11H2,1-5H3. The van der Waals surface area contributed by atoms with Gasteiger partial charge in [0.05, 0.1) is 19.4 Å². The Labute approximate surface area is 210 Å². The van der Waals surface area contributed by atoms with E-state index in [1.54, 1.807) is 26.3 Å². The van der Waals surface area contributed by atoms with Crippen LogP contribution in [0.15, 0.2) is 41.6 Å². The molecule has 1 aromatic carbocycles. The van der Waals surface area contributed by atoms with Crippen molar-refractivity contribution in [2.45, 2.75) is 46.6 Å². The molecular formula is C28H32N4O4. The molecule has 5 rings (SSSR count). The number of anilines is 1. The molecule has 0 bridgehead atoms. The maximum absolute atomic E-state index is 13.0. The molecule has 8 heteroatoms. The van der Waals surface area contributed by atoms with E-state index in [-0.39, 0.29) is 29.1 Å². The molecule has 1 fully saturated rings. The minimum absolute atomic E-state index is 0.0278. The lowest BCUT2D eigenvalue weighted by molar-refractivity contribution is 0.0523. The number of ether oxygens (including phenoxy) is 2. The summed E-state index contributed by atoms with van der Waals surface area (Å²) in [5.74, 6) is 0.836. The van der Waals surface area contributed by atoms with Gasteiger partial charge in [-0.2, -0.15) is 0 Å². The van der Waals surface area contributed by atoms with Gasteiger partial charge in [-0.1, -0.05) is 20.8 Å². The maximum Gasteiger partial charge on any atom is 0.343 e. The van der Waals surface area contributed by atoms with Gasteiger partial charge < -0.3 is 18.9 Å². The van der Waals surface area contributed by atoms with E-state index in [4.69, 9.17) is 9.47 Å². The Balaban J connectivity index is 1.64. The van der Waals surface area contributed by atoms with Gasteiger partial charge in [0.25, 0.3) is 0 Å². The molecule has 2 aliphatic heterocycles. The number of methoxy groups -OCH3 is 1. The molecule has 4 heterocycles. The number of fused-ring (bicyclic) bond motifs is 3. The molecule has 2 aromatic heterocycles. The molecule has 0 radical (unpaired) electrons. The van der Waals surface area contributed by atoms with Crippen LogP contribution in [-0.2, 0) is 11.2 Å². The second-order valence-electron chi connectivity index (χ2n) is 10.5. The van der Waals surface area contributed by atoms with Crippen molar-refractivity contribution in [1.82, 2.24) is 14.5 Å². The summed E-state index contributed by atoms with van der Waals surface area (Å²) in [6.07, 6.45) is 7.26. The third-order valence-corrected chi connectivity index (χ3v) is 7.11. The Morgan fingerprint density at radius 3 is 2.42 bits per heavy atom. The number of carbonyl (C=O) groups excluding carboxylic acids is 1. The van der Waals surface area contributed by atoms with Crippen molar-refractivity contribution in [3.63, 3.8) is 0 Å². The van der Waals surface area contributed by atoms with Crippen molar-refractivity contribution in [3.05, 3.63) is 58.1 Å². The van der Waals surface area contributed by atoms with Crippen LogP contribution in [0.25, 0.3) is 22.4 Å². The molecule has 0 amide bonds. The van der Waals surface area contributed by atoms with Gasteiger partial charge in [0.2, 0.25) is 5.95 Å². The van der Waals surface area contributed by atoms with Gasteiger partial charge in [-0.25, -0.2) is 14.8 Å². The van der Waals surface area contributed by atoms with E-state index in [9.17, 15) is 9.59 Å². The molecule has 1 unspecified atom stereocenters. The lowest BCUT2D eigenvalue weighted by Gasteiger charge is -2.39. The minimum atomic E-state index is -0.592. The Hall–Kier alpha value is -3.68. The predicted octanol–water partition coefficient (Wildman–Crippen LogP) is 4.51. The van der Waals surface area contributed by atoms with Crippen molar-refractivity contribution >= 4 is 11.9 Å². The summed E-state index contributed by atoms with van der Waals surface area (Å²) in [5, 5.41) is 0. The summed E-state index contributed by atoms with van der Waals surface area (Å²) in [6.45, 7) is 10.4. The van der Waals surface area contributed by atoms with Crippen LogP contribution in [0.5, 0.6) is 5.75 Å². The van der Waals surface area contributed by atoms with E-state index in [0.29, 0.717) is 5.75 Å². The Morgan fingerprint density at radius 1 is 1.11 bits per heavy atom. The van der Waals surface area contributed by atoms with E-state index in [1.165, 1.54) is 6.42 Å². The first-order valence-corrected chi connectivity index (χ1v) is 12.4. The third kappa shape index (κ3) is 4.14. The van der Waals surface area contributed by atoms with Gasteiger partial charge in [-0.3, -0.25) is 4.79 Å². The van der Waals surface area contributed by atoms with Gasteiger partial charge in [0, 0.05) is 60.5 Å². The Kier molecular flexibility index (Phi) is 6.06. The predicted molar refractivity (Wildman–Crippen MR) is 139 cm³/mol. The highest BCUT2D eigenvalue weighted by Gasteiger charge is 2.34. The summed E-state index contributed by atoms with van der Waals surface area (Å²) < 4.78 is 13.0. The fourth-order valence-corrected chi connectivity index (χ4v) is 4.98. The lowest BCUT2D eigenvalue weighted by Crippen LogP contribution is -2.38. The first-order valence-electron chi connectivity index (χ1n) is 12.4. The average molecular weight is 489 g/mol. The van der Waals surface area contributed by atoms with Crippen LogP contribution in [0.2, 0.25) is 0 Å². The second-order valence-corrected chi connectivity index (χ2v) is 10.5. The summed E-state index contributed by atoms with van der Waals surface area (Å²) in [7, 11) is 1.64. The maximum atomic E-state index is 13.0.